The van der Waals surface area contributed by atoms with Crippen LogP contribution in [0.25, 0.3) is 6.08 Å². The van der Waals surface area contributed by atoms with Crippen molar-refractivity contribution in [2.45, 2.75) is 6.54 Å². The van der Waals surface area contributed by atoms with Crippen LogP contribution in [0, 0.1) is 5.82 Å². The van der Waals surface area contributed by atoms with Crippen molar-refractivity contribution in [2.24, 2.45) is 0 Å². The van der Waals surface area contributed by atoms with Gasteiger partial charge in [0.05, 0.1) is 6.54 Å². The van der Waals surface area contributed by atoms with Crippen molar-refractivity contribution in [1.29, 1.82) is 0 Å². The first-order valence-corrected chi connectivity index (χ1v) is 5.71. The number of carbonyl (C=O) groups is 1. The molecule has 0 aliphatic carbocycles. The first-order valence-electron chi connectivity index (χ1n) is 5.71. The molecule has 2 aromatic rings. The van der Waals surface area contributed by atoms with Crippen LogP contribution >= 0.6 is 0 Å². The van der Waals surface area contributed by atoms with Crippen LogP contribution in [0.3, 0.4) is 0 Å². The summed E-state index contributed by atoms with van der Waals surface area (Å²) in [6.07, 6.45) is 4.54. The second-order valence-corrected chi connectivity index (χ2v) is 3.96. The van der Waals surface area contributed by atoms with Gasteiger partial charge in [-0.3, -0.25) is 10.0 Å². The Morgan fingerprint density at radius 2 is 2.11 bits per heavy atom. The van der Waals surface area contributed by atoms with E-state index in [-0.39, 0.29) is 5.82 Å². The minimum Gasteiger partial charge on any atom is -0.343 e. The second-order valence-electron chi connectivity index (χ2n) is 3.96. The van der Waals surface area contributed by atoms with E-state index >= 15 is 0 Å². The Balaban J connectivity index is 2.19. The molecule has 4 nitrogen and oxygen atoms in total. The molecule has 0 aliphatic rings. The fourth-order valence-electron chi connectivity index (χ4n) is 1.73. The van der Waals surface area contributed by atoms with Crippen LogP contribution in [0.1, 0.15) is 11.3 Å². The molecule has 0 fully saturated rings. The SMILES string of the molecule is O=C(C=Cc1cccn1Cc1ccccc1F)NO. The molecule has 0 saturated heterocycles. The summed E-state index contributed by atoms with van der Waals surface area (Å²) in [6.45, 7) is 0.375. The lowest BCUT2D eigenvalue weighted by Crippen LogP contribution is -2.15. The highest BCUT2D eigenvalue weighted by Crippen LogP contribution is 2.12. The maximum atomic E-state index is 13.6. The number of rotatable bonds is 4. The molecular weight excluding hydrogens is 247 g/mol. The van der Waals surface area contributed by atoms with Gasteiger partial charge in [0, 0.05) is 23.5 Å². The molecule has 2 rings (SSSR count). The number of hydrogen-bond acceptors (Lipinski definition) is 2. The van der Waals surface area contributed by atoms with E-state index in [1.807, 2.05) is 0 Å². The fourth-order valence-corrected chi connectivity index (χ4v) is 1.73. The van der Waals surface area contributed by atoms with Crippen LogP contribution in [0.15, 0.2) is 48.7 Å². The highest BCUT2D eigenvalue weighted by Gasteiger charge is 2.04. The first-order chi connectivity index (χ1) is 9.20. The number of amides is 1. The normalized spacial score (nSPS) is 10.8. The molecule has 0 radical (unpaired) electrons. The molecule has 0 unspecified atom stereocenters. The monoisotopic (exact) mass is 260 g/mol. The van der Waals surface area contributed by atoms with E-state index in [2.05, 4.69) is 0 Å². The van der Waals surface area contributed by atoms with Crippen LogP contribution < -0.4 is 5.48 Å². The summed E-state index contributed by atoms with van der Waals surface area (Å²) in [6, 6.07) is 10.1. The van der Waals surface area contributed by atoms with Gasteiger partial charge in [-0.05, 0) is 24.3 Å². The largest absolute Gasteiger partial charge is 0.343 e. The second kappa shape index (κ2) is 5.97. The van der Waals surface area contributed by atoms with Gasteiger partial charge in [0.1, 0.15) is 5.82 Å². The van der Waals surface area contributed by atoms with Gasteiger partial charge in [0.15, 0.2) is 0 Å². The maximum Gasteiger partial charge on any atom is 0.267 e. The standard InChI is InChI=1S/C14H13FN2O2/c15-13-6-2-1-4-11(13)10-17-9-3-5-12(17)7-8-14(18)16-19/h1-9,19H,10H2,(H,16,18). The number of hydrogen-bond donors (Lipinski definition) is 2. The third kappa shape index (κ3) is 3.29. The van der Waals surface area contributed by atoms with Crippen molar-refractivity contribution >= 4 is 12.0 Å². The topological polar surface area (TPSA) is 54.3 Å². The van der Waals surface area contributed by atoms with Crippen molar-refractivity contribution < 1.29 is 14.4 Å². The quantitative estimate of drug-likeness (QED) is 0.503. The molecule has 0 aliphatic heterocycles. The molecule has 0 bridgehead atoms. The summed E-state index contributed by atoms with van der Waals surface area (Å²) < 4.78 is 15.4. The first kappa shape index (κ1) is 13.0. The van der Waals surface area contributed by atoms with Crippen molar-refractivity contribution in [2.75, 3.05) is 0 Å². The molecule has 2 N–H and O–H groups in total. The molecule has 1 aromatic carbocycles. The molecule has 1 heterocycles. The molecule has 98 valence electrons. The van der Waals surface area contributed by atoms with E-state index in [1.54, 1.807) is 47.2 Å². The highest BCUT2D eigenvalue weighted by atomic mass is 19.1. The lowest BCUT2D eigenvalue weighted by atomic mass is 10.2. The Labute approximate surface area is 109 Å². The Kier molecular flexibility index (Phi) is 4.10. The summed E-state index contributed by atoms with van der Waals surface area (Å²) in [4.78, 5) is 10.9. The van der Waals surface area contributed by atoms with Crippen molar-refractivity contribution in [3.63, 3.8) is 0 Å². The molecule has 1 amide bonds. The van der Waals surface area contributed by atoms with Gasteiger partial charge < -0.3 is 4.57 Å². The molecule has 1 aromatic heterocycles. The number of nitrogens with one attached hydrogen (secondary N) is 1. The van der Waals surface area contributed by atoms with Crippen LogP contribution in [-0.2, 0) is 11.3 Å². The molecule has 5 heteroatoms. The van der Waals surface area contributed by atoms with Crippen LogP contribution in [0.5, 0.6) is 0 Å². The van der Waals surface area contributed by atoms with Gasteiger partial charge in [-0.15, -0.1) is 0 Å². The molecule has 19 heavy (non-hydrogen) atoms. The highest BCUT2D eigenvalue weighted by molar-refractivity contribution is 5.90. The Morgan fingerprint density at radius 1 is 1.32 bits per heavy atom. The van der Waals surface area contributed by atoms with Crippen molar-refractivity contribution in [3.05, 3.63) is 65.7 Å². The Morgan fingerprint density at radius 3 is 2.84 bits per heavy atom. The molecule has 0 saturated carbocycles. The van der Waals surface area contributed by atoms with E-state index in [4.69, 9.17) is 5.21 Å². The summed E-state index contributed by atoms with van der Waals surface area (Å²) in [5.41, 5.74) is 2.82. The van der Waals surface area contributed by atoms with Gasteiger partial charge in [0.25, 0.3) is 5.91 Å². The van der Waals surface area contributed by atoms with Crippen molar-refractivity contribution in [1.82, 2.24) is 10.0 Å². The van der Waals surface area contributed by atoms with Crippen molar-refractivity contribution in [3.8, 4) is 0 Å². The number of hydroxylamine groups is 1. The third-order valence-corrected chi connectivity index (χ3v) is 2.68. The lowest BCUT2D eigenvalue weighted by Gasteiger charge is -2.07. The van der Waals surface area contributed by atoms with Gasteiger partial charge in [-0.2, -0.15) is 0 Å². The average Bonchev–Trinajstić information content (AvgIpc) is 2.86. The zero-order valence-corrected chi connectivity index (χ0v) is 10.1. The predicted molar refractivity (Wildman–Crippen MR) is 68.9 cm³/mol. The Hall–Kier alpha value is -2.40. The third-order valence-electron chi connectivity index (χ3n) is 2.68. The predicted octanol–water partition coefficient (Wildman–Crippen LogP) is 2.19. The van der Waals surface area contributed by atoms with Crippen LogP contribution in [-0.4, -0.2) is 15.7 Å². The van der Waals surface area contributed by atoms with E-state index < -0.39 is 5.91 Å². The van der Waals surface area contributed by atoms with Gasteiger partial charge >= 0.3 is 0 Å². The summed E-state index contributed by atoms with van der Waals surface area (Å²) in [5.74, 6) is -0.877. The van der Waals surface area contributed by atoms with Crippen LogP contribution in [0.4, 0.5) is 4.39 Å². The fraction of sp³-hybridized carbons (Fsp3) is 0.0714. The lowest BCUT2D eigenvalue weighted by molar-refractivity contribution is -0.124. The molecule has 0 atom stereocenters. The average molecular weight is 260 g/mol. The van der Waals surface area contributed by atoms with E-state index in [0.717, 1.165) is 5.69 Å². The summed E-state index contributed by atoms with van der Waals surface area (Å²) in [7, 11) is 0. The summed E-state index contributed by atoms with van der Waals surface area (Å²) >= 11 is 0. The minimum absolute atomic E-state index is 0.265. The number of nitrogens with zero attached hydrogens (tertiary/aromatic N) is 1. The number of benzene rings is 1. The summed E-state index contributed by atoms with van der Waals surface area (Å²) in [5, 5.41) is 8.40. The molecule has 0 spiro atoms. The van der Waals surface area contributed by atoms with Gasteiger partial charge in [-0.25, -0.2) is 9.87 Å². The van der Waals surface area contributed by atoms with Gasteiger partial charge in [0.2, 0.25) is 0 Å². The number of carbonyl (C=O) groups excluding carboxylic acids is 1. The zero-order chi connectivity index (χ0) is 13.7. The Bertz CT molecular complexity index is 605. The number of aromatic nitrogens is 1. The van der Waals surface area contributed by atoms with E-state index in [0.29, 0.717) is 12.1 Å². The van der Waals surface area contributed by atoms with Gasteiger partial charge in [-0.1, -0.05) is 18.2 Å². The molecular formula is C14H13FN2O2. The van der Waals surface area contributed by atoms with Crippen LogP contribution in [0.2, 0.25) is 0 Å². The van der Waals surface area contributed by atoms with E-state index in [1.165, 1.54) is 17.6 Å². The van der Waals surface area contributed by atoms with E-state index in [9.17, 15) is 9.18 Å². The zero-order valence-electron chi connectivity index (χ0n) is 10.1. The minimum atomic E-state index is -0.612. The number of halogens is 1. The smallest absolute Gasteiger partial charge is 0.267 e. The maximum absolute atomic E-state index is 13.6.